The lowest BCUT2D eigenvalue weighted by Gasteiger charge is -2.03. The highest BCUT2D eigenvalue weighted by Gasteiger charge is 2.24. The van der Waals surface area contributed by atoms with E-state index < -0.39 is 5.97 Å². The summed E-state index contributed by atoms with van der Waals surface area (Å²) in [5, 5.41) is 15.7. The molecule has 0 radical (unpaired) electrons. The van der Waals surface area contributed by atoms with Crippen LogP contribution in [0, 0.1) is 0 Å². The van der Waals surface area contributed by atoms with Gasteiger partial charge in [-0.2, -0.15) is 4.68 Å². The van der Waals surface area contributed by atoms with E-state index in [0.29, 0.717) is 16.6 Å². The molecule has 0 saturated heterocycles. The van der Waals surface area contributed by atoms with E-state index in [0.717, 1.165) is 11.0 Å². The average Bonchev–Trinajstić information content (AvgIpc) is 3.36. The van der Waals surface area contributed by atoms with Crippen LogP contribution >= 0.6 is 11.8 Å². The largest absolute Gasteiger partial charge is 0.464 e. The van der Waals surface area contributed by atoms with Crippen molar-refractivity contribution in [2.75, 3.05) is 12.8 Å². The van der Waals surface area contributed by atoms with Gasteiger partial charge in [0, 0.05) is 5.75 Å². The van der Waals surface area contributed by atoms with Crippen molar-refractivity contribution in [2.24, 2.45) is 0 Å². The number of ether oxygens (including phenoxy) is 1. The first-order valence-corrected chi connectivity index (χ1v) is 8.34. The summed E-state index contributed by atoms with van der Waals surface area (Å²) in [5.41, 5.74) is 7.97. The molecule has 26 heavy (non-hydrogen) atoms. The summed E-state index contributed by atoms with van der Waals surface area (Å²) in [7, 11) is 1.27. The van der Waals surface area contributed by atoms with E-state index in [-0.39, 0.29) is 17.3 Å². The lowest BCUT2D eigenvalue weighted by Crippen LogP contribution is -2.09. The fraction of sp³-hybridized carbons (Fsp3) is 0.143. The van der Waals surface area contributed by atoms with Gasteiger partial charge in [-0.3, -0.25) is 0 Å². The van der Waals surface area contributed by atoms with Crippen molar-refractivity contribution in [3.63, 3.8) is 0 Å². The second kappa shape index (κ2) is 6.48. The van der Waals surface area contributed by atoms with Crippen molar-refractivity contribution in [3.8, 4) is 5.82 Å². The van der Waals surface area contributed by atoms with Crippen LogP contribution in [0.5, 0.6) is 0 Å². The Bertz CT molecular complexity index is 1050. The highest BCUT2D eigenvalue weighted by Crippen LogP contribution is 2.26. The molecule has 0 saturated carbocycles. The summed E-state index contributed by atoms with van der Waals surface area (Å²) in [5.74, 6) is -0.135. The Morgan fingerprint density at radius 1 is 1.38 bits per heavy atom. The number of hydrogen-bond acceptors (Lipinski definition) is 10. The number of imidazole rings is 1. The van der Waals surface area contributed by atoms with Crippen molar-refractivity contribution in [1.29, 1.82) is 0 Å². The maximum atomic E-state index is 12.0. The number of nitrogen functional groups attached to an aromatic ring is 1. The van der Waals surface area contributed by atoms with Gasteiger partial charge in [0.2, 0.25) is 11.6 Å². The zero-order valence-corrected chi connectivity index (χ0v) is 14.2. The summed E-state index contributed by atoms with van der Waals surface area (Å²) in [6, 6.07) is 7.67. The lowest BCUT2D eigenvalue weighted by atomic mass is 10.3. The Labute approximate surface area is 149 Å². The Hall–Kier alpha value is -3.41. The number of anilines is 1. The maximum absolute atomic E-state index is 12.0. The third-order valence-electron chi connectivity index (χ3n) is 3.55. The predicted molar refractivity (Wildman–Crippen MR) is 90.6 cm³/mol. The van der Waals surface area contributed by atoms with Crippen LogP contribution < -0.4 is 5.73 Å². The molecule has 0 aliphatic heterocycles. The normalized spacial score (nSPS) is 11.1. The minimum Gasteiger partial charge on any atom is -0.464 e. The van der Waals surface area contributed by atoms with Crippen LogP contribution in [0.1, 0.15) is 16.2 Å². The van der Waals surface area contributed by atoms with Gasteiger partial charge in [0.15, 0.2) is 10.9 Å². The monoisotopic (exact) mass is 372 g/mol. The standard InChI is InChI=1S/C14H12N8O3S/c1-24-13(23)10-9(22(21-18-10)12-11(15)19-25-20-12)6-26-14-16-7-4-2-3-5-8(7)17-14/h2-5H,6H2,1H3,(H2,15,19)(H,16,17). The minimum atomic E-state index is -0.619. The summed E-state index contributed by atoms with van der Waals surface area (Å²) in [6.07, 6.45) is 0. The quantitative estimate of drug-likeness (QED) is 0.386. The summed E-state index contributed by atoms with van der Waals surface area (Å²) in [6.45, 7) is 0. The highest BCUT2D eigenvalue weighted by molar-refractivity contribution is 7.98. The van der Waals surface area contributed by atoms with Gasteiger partial charge in [-0.05, 0) is 22.4 Å². The number of esters is 1. The SMILES string of the molecule is COC(=O)c1nnn(-c2nonc2N)c1CSc1nc2ccccc2[nH]1. The van der Waals surface area contributed by atoms with Crippen molar-refractivity contribution in [3.05, 3.63) is 35.7 Å². The molecule has 4 rings (SSSR count). The number of nitrogens with zero attached hydrogens (tertiary/aromatic N) is 6. The molecular formula is C14H12N8O3S. The molecule has 12 heteroatoms. The van der Waals surface area contributed by atoms with E-state index in [9.17, 15) is 4.79 Å². The molecule has 0 aliphatic carbocycles. The fourth-order valence-electron chi connectivity index (χ4n) is 2.33. The number of aromatic nitrogens is 7. The Morgan fingerprint density at radius 3 is 2.96 bits per heavy atom. The van der Waals surface area contributed by atoms with Gasteiger partial charge in [0.05, 0.1) is 23.8 Å². The predicted octanol–water partition coefficient (Wildman–Crippen LogP) is 1.19. The number of benzene rings is 1. The van der Waals surface area contributed by atoms with Gasteiger partial charge in [-0.15, -0.1) is 5.10 Å². The van der Waals surface area contributed by atoms with Gasteiger partial charge in [-0.25, -0.2) is 14.4 Å². The molecule has 0 fully saturated rings. The molecule has 3 N–H and O–H groups in total. The van der Waals surface area contributed by atoms with Gasteiger partial charge >= 0.3 is 5.97 Å². The van der Waals surface area contributed by atoms with Crippen LogP contribution in [0.4, 0.5) is 5.82 Å². The number of thioether (sulfide) groups is 1. The summed E-state index contributed by atoms with van der Waals surface area (Å²) < 4.78 is 10.7. The topological polar surface area (TPSA) is 151 Å². The van der Waals surface area contributed by atoms with E-state index in [4.69, 9.17) is 10.5 Å². The van der Waals surface area contributed by atoms with Crippen LogP contribution in [0.25, 0.3) is 16.9 Å². The van der Waals surface area contributed by atoms with Crippen LogP contribution in [0.3, 0.4) is 0 Å². The van der Waals surface area contributed by atoms with Crippen LogP contribution in [-0.4, -0.2) is 48.4 Å². The first kappa shape index (κ1) is 16.1. The number of fused-ring (bicyclic) bond motifs is 1. The molecule has 0 bridgehead atoms. The Morgan fingerprint density at radius 2 is 2.23 bits per heavy atom. The molecular weight excluding hydrogens is 360 g/mol. The van der Waals surface area contributed by atoms with E-state index in [1.807, 2.05) is 24.3 Å². The van der Waals surface area contributed by atoms with Crippen molar-refractivity contribution in [2.45, 2.75) is 10.9 Å². The number of para-hydroxylation sites is 2. The minimum absolute atomic E-state index is 0.0290. The number of H-pyrrole nitrogens is 1. The maximum Gasteiger partial charge on any atom is 0.360 e. The van der Waals surface area contributed by atoms with E-state index in [1.165, 1.54) is 23.6 Å². The Balaban J connectivity index is 1.68. The van der Waals surface area contributed by atoms with Crippen LogP contribution in [0.2, 0.25) is 0 Å². The highest BCUT2D eigenvalue weighted by atomic mass is 32.2. The molecule has 132 valence electrons. The second-order valence-electron chi connectivity index (χ2n) is 5.11. The van der Waals surface area contributed by atoms with E-state index in [1.54, 1.807) is 0 Å². The van der Waals surface area contributed by atoms with Gasteiger partial charge in [0.25, 0.3) is 0 Å². The molecule has 0 aliphatic rings. The molecule has 0 spiro atoms. The van der Waals surface area contributed by atoms with Crippen molar-refractivity contribution in [1.82, 2.24) is 35.3 Å². The molecule has 11 nitrogen and oxygen atoms in total. The molecule has 0 amide bonds. The average molecular weight is 372 g/mol. The number of methoxy groups -OCH3 is 1. The van der Waals surface area contributed by atoms with Crippen molar-refractivity contribution < 1.29 is 14.2 Å². The van der Waals surface area contributed by atoms with Gasteiger partial charge in [-0.1, -0.05) is 29.1 Å². The van der Waals surface area contributed by atoms with E-state index >= 15 is 0 Å². The zero-order chi connectivity index (χ0) is 18.1. The van der Waals surface area contributed by atoms with Crippen LogP contribution in [0.15, 0.2) is 34.1 Å². The number of carbonyl (C=O) groups is 1. The molecule has 0 unspecified atom stereocenters. The lowest BCUT2D eigenvalue weighted by molar-refractivity contribution is 0.0593. The molecule has 1 aromatic carbocycles. The molecule has 3 heterocycles. The molecule has 0 atom stereocenters. The number of nitrogens with one attached hydrogen (secondary N) is 1. The van der Waals surface area contributed by atoms with Crippen LogP contribution in [-0.2, 0) is 10.5 Å². The number of nitrogens with two attached hydrogens (primary N) is 1. The zero-order valence-electron chi connectivity index (χ0n) is 13.4. The van der Waals surface area contributed by atoms with Crippen molar-refractivity contribution >= 4 is 34.6 Å². The third-order valence-corrected chi connectivity index (χ3v) is 4.44. The fourth-order valence-corrected chi connectivity index (χ4v) is 3.21. The first-order valence-electron chi connectivity index (χ1n) is 7.36. The summed E-state index contributed by atoms with van der Waals surface area (Å²) >= 11 is 1.37. The van der Waals surface area contributed by atoms with Gasteiger partial charge < -0.3 is 15.5 Å². The summed E-state index contributed by atoms with van der Waals surface area (Å²) in [4.78, 5) is 19.7. The molecule has 3 aromatic heterocycles. The Kier molecular flexibility index (Phi) is 4.01. The van der Waals surface area contributed by atoms with E-state index in [2.05, 4.69) is 35.2 Å². The number of aromatic amines is 1. The first-order chi connectivity index (χ1) is 12.7. The molecule has 4 aromatic rings. The number of carbonyl (C=O) groups excluding carboxylic acids is 1. The number of hydrogen-bond donors (Lipinski definition) is 2. The van der Waals surface area contributed by atoms with Gasteiger partial charge in [0.1, 0.15) is 0 Å². The smallest absolute Gasteiger partial charge is 0.360 e. The number of rotatable bonds is 5. The second-order valence-corrected chi connectivity index (χ2v) is 6.07. The third kappa shape index (κ3) is 2.75.